The normalized spacial score (nSPS) is 12.4. The maximum Gasteiger partial charge on any atom is 0.0642 e. The van der Waals surface area contributed by atoms with Crippen LogP contribution in [0.5, 0.6) is 0 Å². The molecule has 3 aromatic heterocycles. The number of hydrogen-bond donors (Lipinski definition) is 0. The van der Waals surface area contributed by atoms with Gasteiger partial charge in [0.05, 0.1) is 22.1 Å². The van der Waals surface area contributed by atoms with Crippen LogP contribution in [0.15, 0.2) is 103 Å². The molecule has 3 heterocycles. The molecule has 0 saturated carbocycles. The van der Waals surface area contributed by atoms with Crippen LogP contribution in [-0.4, -0.2) is 8.97 Å². The molecule has 0 N–H and O–H groups in total. The van der Waals surface area contributed by atoms with Gasteiger partial charge in [-0.15, -0.1) is 0 Å². The summed E-state index contributed by atoms with van der Waals surface area (Å²) < 4.78 is 4.89. The zero-order valence-electron chi connectivity index (χ0n) is 18.2. The van der Waals surface area contributed by atoms with Crippen LogP contribution in [0.1, 0.15) is 0 Å². The number of para-hydroxylation sites is 2. The monoisotopic (exact) mass is 420 g/mol. The molecular weight excluding hydrogens is 400 g/mol. The van der Waals surface area contributed by atoms with Gasteiger partial charge in [-0.1, -0.05) is 78.9 Å². The minimum Gasteiger partial charge on any atom is -0.343 e. The van der Waals surface area contributed by atoms with Gasteiger partial charge in [0.15, 0.2) is 0 Å². The summed E-state index contributed by atoms with van der Waals surface area (Å²) in [7, 11) is 2.22. The number of fused-ring (bicyclic) bond motifs is 6. The fourth-order valence-electron chi connectivity index (χ4n) is 6.11. The van der Waals surface area contributed by atoms with E-state index in [4.69, 9.17) is 0 Å². The second-order valence-electron chi connectivity index (χ2n) is 9.04. The van der Waals surface area contributed by atoms with Crippen molar-refractivity contribution in [3.05, 3.63) is 103 Å². The Morgan fingerprint density at radius 2 is 1.09 bits per heavy atom. The molecule has 33 heavy (non-hydrogen) atoms. The van der Waals surface area contributed by atoms with E-state index in [-0.39, 0.29) is 0 Å². The molecular formula is C31H20N2. The average Bonchev–Trinajstić information content (AvgIpc) is 3.32. The Labute approximate surface area is 190 Å². The molecule has 0 unspecified atom stereocenters. The number of aromatic nitrogens is 2. The van der Waals surface area contributed by atoms with E-state index in [9.17, 15) is 0 Å². The predicted octanol–water partition coefficient (Wildman–Crippen LogP) is 8.15. The molecule has 0 atom stereocenters. The lowest BCUT2D eigenvalue weighted by molar-refractivity contribution is 1.02. The van der Waals surface area contributed by atoms with Crippen molar-refractivity contribution in [2.75, 3.05) is 0 Å². The molecule has 154 valence electrons. The smallest absolute Gasteiger partial charge is 0.0642 e. The Morgan fingerprint density at radius 3 is 1.85 bits per heavy atom. The molecule has 0 saturated heterocycles. The van der Waals surface area contributed by atoms with Crippen molar-refractivity contribution in [1.82, 2.24) is 8.97 Å². The molecule has 0 aliphatic heterocycles. The lowest BCUT2D eigenvalue weighted by Gasteiger charge is -2.09. The van der Waals surface area contributed by atoms with Gasteiger partial charge in [-0.2, -0.15) is 0 Å². The first-order chi connectivity index (χ1) is 16.3. The van der Waals surface area contributed by atoms with Gasteiger partial charge < -0.3 is 8.97 Å². The highest BCUT2D eigenvalue weighted by Crippen LogP contribution is 2.47. The van der Waals surface area contributed by atoms with E-state index in [1.807, 2.05) is 0 Å². The van der Waals surface area contributed by atoms with E-state index >= 15 is 0 Å². The first-order valence-corrected chi connectivity index (χ1v) is 11.5. The Balaban J connectivity index is 1.85. The number of rotatable bonds is 1. The van der Waals surface area contributed by atoms with Crippen molar-refractivity contribution in [2.45, 2.75) is 0 Å². The third-order valence-electron chi connectivity index (χ3n) is 7.44. The van der Waals surface area contributed by atoms with Gasteiger partial charge in [0, 0.05) is 45.1 Å². The van der Waals surface area contributed by atoms with E-state index in [0.29, 0.717) is 0 Å². The summed E-state index contributed by atoms with van der Waals surface area (Å²) in [5.41, 5.74) is 8.95. The Bertz CT molecular complexity index is 2020. The summed E-state index contributed by atoms with van der Waals surface area (Å²) in [4.78, 5) is 0. The summed E-state index contributed by atoms with van der Waals surface area (Å²) >= 11 is 0. The van der Waals surface area contributed by atoms with E-state index < -0.39 is 0 Å². The van der Waals surface area contributed by atoms with Gasteiger partial charge in [0.1, 0.15) is 0 Å². The van der Waals surface area contributed by atoms with Crippen LogP contribution in [0, 0.1) is 0 Å². The molecule has 5 aromatic carbocycles. The van der Waals surface area contributed by atoms with Crippen molar-refractivity contribution in [3.63, 3.8) is 0 Å². The van der Waals surface area contributed by atoms with Gasteiger partial charge in [0.2, 0.25) is 0 Å². The topological polar surface area (TPSA) is 9.34 Å². The van der Waals surface area contributed by atoms with Crippen LogP contribution in [-0.2, 0) is 7.05 Å². The minimum atomic E-state index is 1.25. The van der Waals surface area contributed by atoms with Gasteiger partial charge in [-0.3, -0.25) is 0 Å². The van der Waals surface area contributed by atoms with Crippen LogP contribution in [0.4, 0.5) is 0 Å². The number of aryl methyl sites for hydroxylation is 1. The van der Waals surface area contributed by atoms with Crippen molar-refractivity contribution in [3.8, 4) is 11.1 Å². The summed E-state index contributed by atoms with van der Waals surface area (Å²) in [6.07, 6.45) is 0. The third-order valence-corrected chi connectivity index (χ3v) is 7.44. The van der Waals surface area contributed by atoms with Crippen LogP contribution in [0.25, 0.3) is 71.0 Å². The maximum absolute atomic E-state index is 2.50. The van der Waals surface area contributed by atoms with Gasteiger partial charge in [-0.05, 0) is 35.2 Å². The fraction of sp³-hybridized carbons (Fsp3) is 0.0323. The van der Waals surface area contributed by atoms with Crippen LogP contribution < -0.4 is 0 Å². The largest absolute Gasteiger partial charge is 0.343 e. The van der Waals surface area contributed by atoms with Gasteiger partial charge in [0.25, 0.3) is 0 Å². The summed E-state index contributed by atoms with van der Waals surface area (Å²) in [5, 5.41) is 7.93. The highest BCUT2D eigenvalue weighted by atomic mass is 15.0. The second-order valence-corrected chi connectivity index (χ2v) is 9.04. The Hall–Kier alpha value is -4.30. The first-order valence-electron chi connectivity index (χ1n) is 11.5. The Kier molecular flexibility index (Phi) is 3.11. The van der Waals surface area contributed by atoms with Gasteiger partial charge >= 0.3 is 0 Å². The highest BCUT2D eigenvalue weighted by Gasteiger charge is 2.23. The molecule has 0 aliphatic carbocycles. The molecule has 8 rings (SSSR count). The number of benzene rings is 5. The van der Waals surface area contributed by atoms with Crippen molar-refractivity contribution in [1.29, 1.82) is 0 Å². The van der Waals surface area contributed by atoms with Gasteiger partial charge in [-0.25, -0.2) is 0 Å². The molecule has 8 aromatic rings. The first kappa shape index (κ1) is 17.3. The fourth-order valence-corrected chi connectivity index (χ4v) is 6.11. The summed E-state index contributed by atoms with van der Waals surface area (Å²) in [6, 6.07) is 37.7. The van der Waals surface area contributed by atoms with Crippen LogP contribution in [0.2, 0.25) is 0 Å². The van der Waals surface area contributed by atoms with E-state index in [1.165, 1.54) is 71.0 Å². The van der Waals surface area contributed by atoms with E-state index in [1.54, 1.807) is 0 Å². The second kappa shape index (κ2) is 5.93. The predicted molar refractivity (Wildman–Crippen MR) is 141 cm³/mol. The molecule has 0 spiro atoms. The zero-order chi connectivity index (χ0) is 21.7. The van der Waals surface area contributed by atoms with Crippen molar-refractivity contribution in [2.24, 2.45) is 7.05 Å². The lowest BCUT2D eigenvalue weighted by atomic mass is 9.97. The van der Waals surface area contributed by atoms with E-state index in [2.05, 4.69) is 119 Å². The molecule has 0 bridgehead atoms. The molecule has 0 radical (unpaired) electrons. The number of nitrogens with zero attached hydrogens (tertiary/aromatic N) is 2. The molecule has 2 heteroatoms. The van der Waals surface area contributed by atoms with Crippen LogP contribution >= 0.6 is 0 Å². The van der Waals surface area contributed by atoms with Crippen molar-refractivity contribution < 1.29 is 0 Å². The lowest BCUT2D eigenvalue weighted by Crippen LogP contribution is -1.92. The van der Waals surface area contributed by atoms with Crippen LogP contribution in [0.3, 0.4) is 0 Å². The molecule has 0 fully saturated rings. The maximum atomic E-state index is 2.50. The minimum absolute atomic E-state index is 1.25. The quantitative estimate of drug-likeness (QED) is 0.253. The average molecular weight is 421 g/mol. The SMILES string of the molecule is Cn1c2cccc3c4ccccc4n4c5ccccc5c5cc(-c6ccccc6)c1c(c32)c54. The summed E-state index contributed by atoms with van der Waals surface area (Å²) in [6.45, 7) is 0. The van der Waals surface area contributed by atoms with Crippen molar-refractivity contribution >= 4 is 59.9 Å². The van der Waals surface area contributed by atoms with E-state index in [0.717, 1.165) is 0 Å². The Morgan fingerprint density at radius 1 is 0.485 bits per heavy atom. The zero-order valence-corrected chi connectivity index (χ0v) is 18.2. The molecule has 0 amide bonds. The molecule has 0 aliphatic rings. The third kappa shape index (κ3) is 2.00. The number of hydrogen-bond acceptors (Lipinski definition) is 0. The summed E-state index contributed by atoms with van der Waals surface area (Å²) in [5.74, 6) is 0. The molecule has 2 nitrogen and oxygen atoms in total. The highest BCUT2D eigenvalue weighted by molar-refractivity contribution is 6.34. The standard InChI is InChI=1S/C31H20N2/c1-32-27-17-9-14-22-20-12-5-7-15-25(20)33-26-16-8-6-13-21(26)24-18-23(19-10-3-2-4-11-19)30(32)29(28(22)27)31(24)33/h2-18H,1H3.